The molecule has 0 saturated heterocycles. The fourth-order valence-corrected chi connectivity index (χ4v) is 4.44. The maximum absolute atomic E-state index is 11.7. The number of rotatable bonds is 23. The molecule has 32 heavy (non-hydrogen) atoms. The Morgan fingerprint density at radius 3 is 1.19 bits per heavy atom. The molecule has 5 N–H and O–H groups in total. The molecule has 0 fully saturated rings. The Morgan fingerprint density at radius 2 is 0.844 bits per heavy atom. The lowest BCUT2D eigenvalue weighted by Gasteiger charge is -2.14. The van der Waals surface area contributed by atoms with Crippen molar-refractivity contribution >= 4 is 23.5 Å². The summed E-state index contributed by atoms with van der Waals surface area (Å²) >= 11 is 0. The molecule has 0 saturated carbocycles. The van der Waals surface area contributed by atoms with E-state index < -0.39 is 23.5 Å². The molecular weight excluding hydrogens is 491 g/mol. The fraction of sp³-hybridized carbons (Fsp3) is 1.00. The molecule has 16 heteroatoms. The van der Waals surface area contributed by atoms with E-state index >= 15 is 0 Å². The molecule has 0 aromatic heterocycles. The minimum absolute atomic E-state index is 0.0459. The molecular formula is C16H38NO12P3. The predicted molar refractivity (Wildman–Crippen MR) is 117 cm³/mol. The van der Waals surface area contributed by atoms with Gasteiger partial charge < -0.3 is 20.4 Å². The van der Waals surface area contributed by atoms with Gasteiger partial charge in [0.25, 0.3) is 0 Å². The summed E-state index contributed by atoms with van der Waals surface area (Å²) in [5.74, 6) is 0. The fourth-order valence-electron chi connectivity index (χ4n) is 2.05. The third-order valence-electron chi connectivity index (χ3n) is 3.70. The number of phosphoric acid groups is 3. The molecule has 0 aromatic carbocycles. The van der Waals surface area contributed by atoms with E-state index in [4.69, 9.17) is 32.9 Å². The molecule has 0 amide bonds. The molecule has 13 nitrogen and oxygen atoms in total. The molecule has 0 aliphatic carbocycles. The van der Waals surface area contributed by atoms with Crippen LogP contribution in [0.15, 0.2) is 0 Å². The zero-order chi connectivity index (χ0) is 24.3. The molecule has 0 radical (unpaired) electrons. The molecule has 0 aromatic rings. The summed E-state index contributed by atoms with van der Waals surface area (Å²) in [7, 11) is -12.7. The van der Waals surface area contributed by atoms with E-state index in [1.807, 2.05) is 6.92 Å². The van der Waals surface area contributed by atoms with E-state index in [0.29, 0.717) is 19.4 Å². The number of hydrogen-bond donors (Lipinski definition) is 4. The van der Waals surface area contributed by atoms with Crippen LogP contribution in [-0.4, -0.2) is 60.9 Å². The highest BCUT2D eigenvalue weighted by Gasteiger charge is 2.24. The summed E-state index contributed by atoms with van der Waals surface area (Å²) in [6.07, 6.45) is 4.75. The van der Waals surface area contributed by atoms with Crippen molar-refractivity contribution in [2.75, 3.05) is 46.2 Å². The van der Waals surface area contributed by atoms with E-state index in [-0.39, 0.29) is 52.5 Å². The van der Waals surface area contributed by atoms with Gasteiger partial charge in [0.2, 0.25) is 0 Å². The van der Waals surface area contributed by atoms with Crippen molar-refractivity contribution in [3.8, 4) is 0 Å². The van der Waals surface area contributed by atoms with Crippen LogP contribution in [0.4, 0.5) is 0 Å². The number of phosphoric ester groups is 3. The highest BCUT2D eigenvalue weighted by molar-refractivity contribution is 7.47. The zero-order valence-electron chi connectivity index (χ0n) is 18.5. The second kappa shape index (κ2) is 18.6. The van der Waals surface area contributed by atoms with Gasteiger partial charge in [-0.1, -0.05) is 26.2 Å². The van der Waals surface area contributed by atoms with E-state index in [2.05, 4.69) is 0 Å². The highest BCUT2D eigenvalue weighted by atomic mass is 31.2. The Hall–Kier alpha value is 0.290. The predicted octanol–water partition coefficient (Wildman–Crippen LogP) is 3.49. The van der Waals surface area contributed by atoms with Crippen LogP contribution in [0.25, 0.3) is 0 Å². The summed E-state index contributed by atoms with van der Waals surface area (Å²) in [5, 5.41) is 0. The molecule has 0 bridgehead atoms. The van der Waals surface area contributed by atoms with Crippen molar-refractivity contribution in [2.45, 2.75) is 58.3 Å². The third kappa shape index (κ3) is 20.9. The largest absolute Gasteiger partial charge is 0.472 e. The second-order valence-electron chi connectivity index (χ2n) is 6.67. The summed E-state index contributed by atoms with van der Waals surface area (Å²) in [6.45, 7) is 1.72. The van der Waals surface area contributed by atoms with Crippen molar-refractivity contribution in [1.82, 2.24) is 0 Å². The number of hydrogen-bond acceptors (Lipinski definition) is 10. The zero-order valence-corrected chi connectivity index (χ0v) is 21.2. The van der Waals surface area contributed by atoms with Gasteiger partial charge in [0.05, 0.1) is 39.6 Å². The first-order valence-corrected chi connectivity index (χ1v) is 15.1. The van der Waals surface area contributed by atoms with Crippen molar-refractivity contribution in [3.63, 3.8) is 0 Å². The Balaban J connectivity index is 3.80. The van der Waals surface area contributed by atoms with Crippen LogP contribution in [0, 0.1) is 0 Å². The van der Waals surface area contributed by atoms with Gasteiger partial charge in [0.15, 0.2) is 0 Å². The monoisotopic (exact) mass is 529 g/mol. The lowest BCUT2D eigenvalue weighted by Crippen LogP contribution is -2.05. The summed E-state index contributed by atoms with van der Waals surface area (Å²) in [5.41, 5.74) is 5.37. The normalized spacial score (nSPS) is 17.5. The van der Waals surface area contributed by atoms with Gasteiger partial charge in [0, 0.05) is 0 Å². The first kappa shape index (κ1) is 32.3. The molecule has 0 aliphatic rings. The van der Waals surface area contributed by atoms with Crippen molar-refractivity contribution in [3.05, 3.63) is 0 Å². The van der Waals surface area contributed by atoms with Gasteiger partial charge in [-0.15, -0.1) is 0 Å². The Kier molecular flexibility index (Phi) is 18.8. The van der Waals surface area contributed by atoms with Crippen molar-refractivity contribution in [1.29, 1.82) is 0 Å². The van der Waals surface area contributed by atoms with Crippen molar-refractivity contribution < 1.29 is 55.5 Å². The van der Waals surface area contributed by atoms with Gasteiger partial charge in [-0.3, -0.25) is 27.1 Å². The van der Waals surface area contributed by atoms with Crippen molar-refractivity contribution in [2.24, 2.45) is 5.73 Å². The minimum Gasteiger partial charge on any atom is -0.330 e. The van der Waals surface area contributed by atoms with Crippen LogP contribution in [0.1, 0.15) is 58.3 Å². The van der Waals surface area contributed by atoms with E-state index in [0.717, 1.165) is 25.7 Å². The molecule has 0 spiro atoms. The van der Waals surface area contributed by atoms with E-state index in [9.17, 15) is 28.4 Å². The Bertz CT molecular complexity index is 609. The SMILES string of the molecule is CCCCOP(=O)(O)OCCCOP(=O)(O)OCCCOP(=O)(O)OCCCCCCN. The summed E-state index contributed by atoms with van der Waals surface area (Å²) in [6, 6.07) is 0. The first-order chi connectivity index (χ1) is 15.0. The van der Waals surface area contributed by atoms with Gasteiger partial charge in [-0.2, -0.15) is 0 Å². The Labute approximate surface area is 189 Å². The Morgan fingerprint density at radius 1 is 0.531 bits per heavy atom. The maximum atomic E-state index is 11.7. The molecule has 194 valence electrons. The summed E-state index contributed by atoms with van der Waals surface area (Å²) < 4.78 is 63.3. The van der Waals surface area contributed by atoms with Gasteiger partial charge in [0.1, 0.15) is 0 Å². The van der Waals surface area contributed by atoms with Crippen LogP contribution in [-0.2, 0) is 40.8 Å². The van der Waals surface area contributed by atoms with Crippen LogP contribution >= 0.6 is 23.5 Å². The van der Waals surface area contributed by atoms with Crippen LogP contribution < -0.4 is 5.73 Å². The smallest absolute Gasteiger partial charge is 0.330 e. The van der Waals surface area contributed by atoms with Crippen LogP contribution in [0.2, 0.25) is 0 Å². The molecule has 0 rings (SSSR count). The van der Waals surface area contributed by atoms with Gasteiger partial charge in [-0.25, -0.2) is 13.7 Å². The lowest BCUT2D eigenvalue weighted by molar-refractivity contribution is 0.115. The lowest BCUT2D eigenvalue weighted by atomic mass is 10.2. The first-order valence-electron chi connectivity index (χ1n) is 10.6. The minimum atomic E-state index is -4.35. The number of nitrogens with two attached hydrogens (primary N) is 1. The van der Waals surface area contributed by atoms with Gasteiger partial charge in [-0.05, 0) is 38.6 Å². The van der Waals surface area contributed by atoms with Crippen LogP contribution in [0.3, 0.4) is 0 Å². The topological polar surface area (TPSA) is 193 Å². The van der Waals surface area contributed by atoms with Crippen LogP contribution in [0.5, 0.6) is 0 Å². The second-order valence-corrected chi connectivity index (χ2v) is 11.0. The quantitative estimate of drug-likeness (QED) is 0.111. The average molecular weight is 529 g/mol. The summed E-state index contributed by atoms with van der Waals surface area (Å²) in [4.78, 5) is 28.5. The average Bonchev–Trinajstić information content (AvgIpc) is 2.70. The molecule has 3 unspecified atom stereocenters. The molecule has 0 heterocycles. The number of unbranched alkanes of at least 4 members (excludes halogenated alkanes) is 4. The molecule has 0 aliphatic heterocycles. The maximum Gasteiger partial charge on any atom is 0.472 e. The van der Waals surface area contributed by atoms with E-state index in [1.54, 1.807) is 0 Å². The van der Waals surface area contributed by atoms with Gasteiger partial charge >= 0.3 is 23.5 Å². The third-order valence-corrected chi connectivity index (χ3v) is 6.75. The standard InChI is InChI=1S/C16H38NO12P3/c1-2-3-11-24-30(18,19)26-13-8-15-28-32(22,23)29-16-9-14-27-31(20,21)25-12-7-5-4-6-10-17/h2-17H2,1H3,(H,18,19)(H,20,21)(H,22,23). The highest BCUT2D eigenvalue weighted by Crippen LogP contribution is 2.46. The molecule has 3 atom stereocenters. The van der Waals surface area contributed by atoms with E-state index in [1.165, 1.54) is 0 Å².